The Bertz CT molecular complexity index is 1760. The molecule has 0 spiro atoms. The Morgan fingerprint density at radius 2 is 1.69 bits per heavy atom. The van der Waals surface area contributed by atoms with Crippen molar-refractivity contribution in [3.63, 3.8) is 0 Å². The molecular weight excluding hydrogens is 657 g/mol. The van der Waals surface area contributed by atoms with Crippen LogP contribution in [0.2, 0.25) is 5.02 Å². The number of benzene rings is 3. The van der Waals surface area contributed by atoms with Crippen molar-refractivity contribution in [1.82, 2.24) is 15.1 Å². The number of aryl methyl sites for hydroxylation is 1. The molecule has 0 aromatic heterocycles. The second kappa shape index (κ2) is 15.0. The molecule has 3 N–H and O–H groups in total. The van der Waals surface area contributed by atoms with Crippen LogP contribution in [0.1, 0.15) is 55.2 Å². The van der Waals surface area contributed by atoms with Gasteiger partial charge in [-0.25, -0.2) is 8.78 Å². The van der Waals surface area contributed by atoms with E-state index in [1.165, 1.54) is 0 Å². The van der Waals surface area contributed by atoms with Crippen LogP contribution in [0.4, 0.5) is 13.2 Å². The van der Waals surface area contributed by atoms with Gasteiger partial charge in [0.15, 0.2) is 17.4 Å². The summed E-state index contributed by atoms with van der Waals surface area (Å²) in [6, 6.07) is 16.5. The highest BCUT2D eigenvalue weighted by Crippen LogP contribution is 2.38. The number of nitrogens with one attached hydrogen (secondary N) is 1. The number of carbonyl (C=O) groups is 3. The number of amides is 3. The number of primary amides is 1. The Hall–Kier alpha value is -4.35. The van der Waals surface area contributed by atoms with Crippen LogP contribution in [0.5, 0.6) is 5.75 Å². The van der Waals surface area contributed by atoms with Crippen molar-refractivity contribution in [2.24, 2.45) is 5.73 Å². The third-order valence-electron chi connectivity index (χ3n) is 9.28. The van der Waals surface area contributed by atoms with Gasteiger partial charge in [-0.15, -0.1) is 0 Å². The number of carbonyl (C=O) groups excluding carboxylic acids is 3. The number of nitrogens with zero attached hydrogens (tertiary/aromatic N) is 2. The first-order valence-electron chi connectivity index (χ1n) is 16.5. The van der Waals surface area contributed by atoms with Gasteiger partial charge in [0, 0.05) is 55.2 Å². The van der Waals surface area contributed by atoms with E-state index in [0.717, 1.165) is 41.2 Å². The molecular formula is C37H38ClF3N4O4. The first-order chi connectivity index (χ1) is 23.6. The predicted molar refractivity (Wildman–Crippen MR) is 179 cm³/mol. The number of nitrogens with two attached hydrogens (primary N) is 1. The molecule has 2 bridgehead atoms. The maximum atomic E-state index is 14.6. The van der Waals surface area contributed by atoms with E-state index in [1.54, 1.807) is 4.90 Å². The average Bonchev–Trinajstić information content (AvgIpc) is 3.93. The van der Waals surface area contributed by atoms with Gasteiger partial charge >= 0.3 is 0 Å². The molecule has 8 nitrogen and oxygen atoms in total. The number of halogens is 4. The maximum Gasteiger partial charge on any atom is 0.252 e. The summed E-state index contributed by atoms with van der Waals surface area (Å²) >= 11 is 6.51. The second-order valence-corrected chi connectivity index (χ2v) is 13.3. The van der Waals surface area contributed by atoms with Gasteiger partial charge < -0.3 is 25.6 Å². The van der Waals surface area contributed by atoms with Gasteiger partial charge in [0.05, 0.1) is 12.6 Å². The Morgan fingerprint density at radius 3 is 2.41 bits per heavy atom. The minimum absolute atomic E-state index is 0.00499. The molecule has 6 rings (SSSR count). The van der Waals surface area contributed by atoms with Crippen molar-refractivity contribution < 1.29 is 32.3 Å². The molecule has 0 unspecified atom stereocenters. The molecule has 1 aliphatic carbocycles. The SMILES string of the molecule is NC(=O)CCC(=O)N1C[C@H]2CC(c3ccc(CCCOc4c(F)ccc(F)c4F)cc3)=C(C(=O)N(Cc3ccccc3Cl)C3CC3)[C@@H](C1)N2. The van der Waals surface area contributed by atoms with E-state index >= 15 is 0 Å². The summed E-state index contributed by atoms with van der Waals surface area (Å²) < 4.78 is 46.6. The van der Waals surface area contributed by atoms with Gasteiger partial charge in [0.2, 0.25) is 17.6 Å². The molecule has 3 aliphatic rings. The summed E-state index contributed by atoms with van der Waals surface area (Å²) in [5, 5.41) is 4.18. The fourth-order valence-electron chi connectivity index (χ4n) is 6.64. The maximum absolute atomic E-state index is 14.6. The molecule has 1 saturated heterocycles. The third kappa shape index (κ3) is 8.11. The third-order valence-corrected chi connectivity index (χ3v) is 9.65. The zero-order valence-corrected chi connectivity index (χ0v) is 27.7. The molecule has 2 fully saturated rings. The molecule has 3 aromatic carbocycles. The van der Waals surface area contributed by atoms with Gasteiger partial charge in [0.1, 0.15) is 0 Å². The van der Waals surface area contributed by atoms with E-state index in [-0.39, 0.29) is 49.9 Å². The highest BCUT2D eigenvalue weighted by molar-refractivity contribution is 6.31. The lowest BCUT2D eigenvalue weighted by Crippen LogP contribution is -2.62. The standard InChI is InChI=1S/C37H38ClF3N4O4/c38-28-6-2-1-5-24(28)19-45(26-11-12-26)37(48)34-27(18-25-20-44(21-31(34)43-25)33(47)16-15-32(42)46)23-9-7-22(8-10-23)4-3-17-49-36-30(40)14-13-29(39)35(36)41/h1-2,5-10,13-14,25-26,31,43H,3-4,11-12,15-21H2,(H2,42,46)/t25-,31-/m1/s1. The van der Waals surface area contributed by atoms with Gasteiger partial charge in [0.25, 0.3) is 5.91 Å². The van der Waals surface area contributed by atoms with Crippen molar-refractivity contribution in [1.29, 1.82) is 0 Å². The summed E-state index contributed by atoms with van der Waals surface area (Å²) in [5.41, 5.74) is 9.54. The first kappa shape index (κ1) is 34.5. The van der Waals surface area contributed by atoms with E-state index < -0.39 is 35.2 Å². The molecule has 12 heteroatoms. The summed E-state index contributed by atoms with van der Waals surface area (Å²) in [5.74, 6) is -5.01. The van der Waals surface area contributed by atoms with Gasteiger partial charge in [-0.1, -0.05) is 54.1 Å². The van der Waals surface area contributed by atoms with Crippen molar-refractivity contribution in [2.75, 3.05) is 19.7 Å². The molecule has 2 heterocycles. The van der Waals surface area contributed by atoms with Gasteiger partial charge in [-0.05, 0) is 72.6 Å². The minimum Gasteiger partial charge on any atom is -0.488 e. The molecule has 2 atom stereocenters. The van der Waals surface area contributed by atoms with Crippen molar-refractivity contribution >= 4 is 34.9 Å². The zero-order chi connectivity index (χ0) is 34.7. The molecule has 3 aromatic rings. The zero-order valence-electron chi connectivity index (χ0n) is 26.9. The Morgan fingerprint density at radius 1 is 0.959 bits per heavy atom. The Labute approximate surface area is 288 Å². The molecule has 258 valence electrons. The lowest BCUT2D eigenvalue weighted by Gasteiger charge is -2.45. The van der Waals surface area contributed by atoms with Crippen molar-refractivity contribution in [3.05, 3.63) is 105 Å². The van der Waals surface area contributed by atoms with Crippen LogP contribution in [0, 0.1) is 17.5 Å². The molecule has 2 aliphatic heterocycles. The molecule has 1 saturated carbocycles. The predicted octanol–water partition coefficient (Wildman–Crippen LogP) is 5.55. The first-order valence-corrected chi connectivity index (χ1v) is 16.9. The van der Waals surface area contributed by atoms with Crippen LogP contribution in [-0.2, 0) is 27.3 Å². The number of ether oxygens (including phenoxy) is 1. The van der Waals surface area contributed by atoms with Crippen LogP contribution < -0.4 is 15.8 Å². The van der Waals surface area contributed by atoms with E-state index in [1.807, 2.05) is 53.4 Å². The van der Waals surface area contributed by atoms with Crippen LogP contribution >= 0.6 is 11.6 Å². The fraction of sp³-hybridized carbons (Fsp3) is 0.378. The molecule has 49 heavy (non-hydrogen) atoms. The number of rotatable bonds is 13. The van der Waals surface area contributed by atoms with E-state index in [4.69, 9.17) is 22.1 Å². The topological polar surface area (TPSA) is 105 Å². The number of hydrogen-bond donors (Lipinski definition) is 2. The van der Waals surface area contributed by atoms with Crippen molar-refractivity contribution in [3.8, 4) is 5.75 Å². The van der Waals surface area contributed by atoms with Crippen LogP contribution in [0.3, 0.4) is 0 Å². The Balaban J connectivity index is 1.23. The fourth-order valence-corrected chi connectivity index (χ4v) is 6.84. The van der Waals surface area contributed by atoms with E-state index in [2.05, 4.69) is 5.32 Å². The highest BCUT2D eigenvalue weighted by Gasteiger charge is 2.43. The second-order valence-electron chi connectivity index (χ2n) is 12.9. The monoisotopic (exact) mass is 694 g/mol. The molecule has 3 amide bonds. The Kier molecular flexibility index (Phi) is 10.6. The van der Waals surface area contributed by atoms with Gasteiger partial charge in [-0.2, -0.15) is 4.39 Å². The summed E-state index contributed by atoms with van der Waals surface area (Å²) in [6.07, 6.45) is 3.28. The summed E-state index contributed by atoms with van der Waals surface area (Å²) in [7, 11) is 0. The highest BCUT2D eigenvalue weighted by atomic mass is 35.5. The van der Waals surface area contributed by atoms with Crippen LogP contribution in [-0.4, -0.2) is 65.3 Å². The van der Waals surface area contributed by atoms with E-state index in [9.17, 15) is 27.6 Å². The number of fused-ring (bicyclic) bond motifs is 2. The quantitative estimate of drug-likeness (QED) is 0.180. The summed E-state index contributed by atoms with van der Waals surface area (Å²) in [6.45, 7) is 1.08. The summed E-state index contributed by atoms with van der Waals surface area (Å²) in [4.78, 5) is 42.7. The lowest BCUT2D eigenvalue weighted by molar-refractivity contribution is -0.135. The molecule has 0 radical (unpaired) electrons. The largest absolute Gasteiger partial charge is 0.488 e. The van der Waals surface area contributed by atoms with E-state index in [0.29, 0.717) is 49.0 Å². The van der Waals surface area contributed by atoms with Crippen molar-refractivity contribution in [2.45, 2.75) is 69.6 Å². The average molecular weight is 695 g/mol. The number of piperazine rings is 1. The smallest absolute Gasteiger partial charge is 0.252 e. The number of hydrogen-bond acceptors (Lipinski definition) is 5. The normalized spacial score (nSPS) is 18.7. The lowest BCUT2D eigenvalue weighted by atomic mass is 9.82. The van der Waals surface area contributed by atoms with Crippen LogP contribution in [0.25, 0.3) is 5.57 Å². The van der Waals surface area contributed by atoms with Gasteiger partial charge in [-0.3, -0.25) is 14.4 Å². The minimum atomic E-state index is -1.35. The van der Waals surface area contributed by atoms with Crippen LogP contribution in [0.15, 0.2) is 66.2 Å².